The second kappa shape index (κ2) is 6.53. The lowest BCUT2D eigenvalue weighted by Crippen LogP contribution is -2.44. The van der Waals surface area contributed by atoms with Gasteiger partial charge in [-0.2, -0.15) is 0 Å². The molecule has 0 spiro atoms. The van der Waals surface area contributed by atoms with Crippen molar-refractivity contribution in [1.29, 1.82) is 0 Å². The predicted molar refractivity (Wildman–Crippen MR) is 75.1 cm³/mol. The lowest BCUT2D eigenvalue weighted by Gasteiger charge is -2.28. The van der Waals surface area contributed by atoms with Crippen molar-refractivity contribution < 1.29 is 5.11 Å². The Morgan fingerprint density at radius 1 is 1.39 bits per heavy atom. The van der Waals surface area contributed by atoms with Crippen LogP contribution >= 0.6 is 11.6 Å². The summed E-state index contributed by atoms with van der Waals surface area (Å²) in [5.74, 6) is 0. The van der Waals surface area contributed by atoms with Gasteiger partial charge in [-0.15, -0.1) is 0 Å². The van der Waals surface area contributed by atoms with E-state index < -0.39 is 6.10 Å². The second-order valence-electron chi connectivity index (χ2n) is 4.90. The number of nitrogens with zero attached hydrogens (tertiary/aromatic N) is 1. The van der Waals surface area contributed by atoms with Crippen molar-refractivity contribution in [3.8, 4) is 0 Å². The minimum absolute atomic E-state index is 0.393. The Balaban J connectivity index is 1.86. The lowest BCUT2D eigenvalue weighted by atomic mass is 10.0. The fourth-order valence-electron chi connectivity index (χ4n) is 2.28. The first-order chi connectivity index (χ1) is 8.66. The maximum atomic E-state index is 10.2. The Morgan fingerprint density at radius 2 is 2.11 bits per heavy atom. The number of aliphatic hydroxyl groups is 1. The maximum Gasteiger partial charge on any atom is 0.0802 e. The number of piperazine rings is 1. The smallest absolute Gasteiger partial charge is 0.0802 e. The van der Waals surface area contributed by atoms with E-state index in [1.807, 2.05) is 25.1 Å². The van der Waals surface area contributed by atoms with Gasteiger partial charge in [0.05, 0.1) is 6.10 Å². The van der Waals surface area contributed by atoms with Gasteiger partial charge in [0.15, 0.2) is 0 Å². The number of hydrogen-bond donors (Lipinski definition) is 2. The number of halogens is 1. The Kier molecular flexibility index (Phi) is 5.01. The Hall–Kier alpha value is -0.610. The Labute approximate surface area is 114 Å². The molecule has 0 radical (unpaired) electrons. The summed E-state index contributed by atoms with van der Waals surface area (Å²) in [6.45, 7) is 7.17. The van der Waals surface area contributed by atoms with E-state index in [0.717, 1.165) is 55.3 Å². The van der Waals surface area contributed by atoms with Crippen LogP contribution in [0.25, 0.3) is 0 Å². The molecule has 4 heteroatoms. The highest BCUT2D eigenvalue weighted by Gasteiger charge is 2.13. The fraction of sp³-hybridized carbons (Fsp3) is 0.571. The number of nitrogens with one attached hydrogen (secondary N) is 1. The van der Waals surface area contributed by atoms with Crippen molar-refractivity contribution in [2.24, 2.45) is 0 Å². The SMILES string of the molecule is Cc1cc(C(O)CCN2CCNCC2)ccc1Cl. The second-order valence-corrected chi connectivity index (χ2v) is 5.31. The van der Waals surface area contributed by atoms with Gasteiger partial charge in [0, 0.05) is 37.7 Å². The third-order valence-electron chi connectivity index (χ3n) is 3.50. The Bertz CT molecular complexity index is 391. The first-order valence-corrected chi connectivity index (χ1v) is 6.92. The summed E-state index contributed by atoms with van der Waals surface area (Å²) in [6, 6.07) is 5.75. The maximum absolute atomic E-state index is 10.2. The molecule has 0 aromatic heterocycles. The summed E-state index contributed by atoms with van der Waals surface area (Å²) < 4.78 is 0. The molecule has 1 aromatic rings. The van der Waals surface area contributed by atoms with Crippen LogP contribution in [0.15, 0.2) is 18.2 Å². The van der Waals surface area contributed by atoms with Crippen LogP contribution in [0.1, 0.15) is 23.7 Å². The molecule has 1 heterocycles. The van der Waals surface area contributed by atoms with Crippen LogP contribution in [0.4, 0.5) is 0 Å². The molecular weight excluding hydrogens is 248 g/mol. The molecule has 1 atom stereocenters. The van der Waals surface area contributed by atoms with Crippen LogP contribution in [-0.4, -0.2) is 42.7 Å². The van der Waals surface area contributed by atoms with Gasteiger partial charge in [0.2, 0.25) is 0 Å². The summed E-state index contributed by atoms with van der Waals surface area (Å²) in [6.07, 6.45) is 0.386. The van der Waals surface area contributed by atoms with E-state index in [4.69, 9.17) is 11.6 Å². The van der Waals surface area contributed by atoms with E-state index in [9.17, 15) is 5.11 Å². The molecule has 1 fully saturated rings. The molecule has 0 aliphatic carbocycles. The molecule has 2 N–H and O–H groups in total. The van der Waals surface area contributed by atoms with Crippen LogP contribution < -0.4 is 5.32 Å². The molecule has 1 aliphatic heterocycles. The summed E-state index contributed by atoms with van der Waals surface area (Å²) in [5, 5.41) is 14.3. The predicted octanol–water partition coefficient (Wildman–Crippen LogP) is 1.98. The highest BCUT2D eigenvalue weighted by atomic mass is 35.5. The normalized spacial score (nSPS) is 18.8. The molecule has 2 rings (SSSR count). The van der Waals surface area contributed by atoms with Crippen molar-refractivity contribution in [2.75, 3.05) is 32.7 Å². The number of rotatable bonds is 4. The van der Waals surface area contributed by atoms with Gasteiger partial charge in [0.25, 0.3) is 0 Å². The quantitative estimate of drug-likeness (QED) is 0.877. The molecule has 3 nitrogen and oxygen atoms in total. The zero-order valence-electron chi connectivity index (χ0n) is 10.8. The molecule has 1 aromatic carbocycles. The zero-order valence-corrected chi connectivity index (χ0v) is 11.6. The van der Waals surface area contributed by atoms with Crippen LogP contribution in [0.3, 0.4) is 0 Å². The van der Waals surface area contributed by atoms with Crippen molar-refractivity contribution in [3.05, 3.63) is 34.3 Å². The van der Waals surface area contributed by atoms with Crippen molar-refractivity contribution >= 4 is 11.6 Å². The molecule has 1 unspecified atom stereocenters. The number of aliphatic hydroxyl groups excluding tert-OH is 1. The van der Waals surface area contributed by atoms with Gasteiger partial charge < -0.3 is 15.3 Å². The van der Waals surface area contributed by atoms with Gasteiger partial charge >= 0.3 is 0 Å². The monoisotopic (exact) mass is 268 g/mol. The largest absolute Gasteiger partial charge is 0.388 e. The van der Waals surface area contributed by atoms with E-state index in [-0.39, 0.29) is 0 Å². The van der Waals surface area contributed by atoms with E-state index in [1.165, 1.54) is 0 Å². The molecule has 100 valence electrons. The summed E-state index contributed by atoms with van der Waals surface area (Å²) in [7, 11) is 0. The van der Waals surface area contributed by atoms with Gasteiger partial charge in [0.1, 0.15) is 0 Å². The third-order valence-corrected chi connectivity index (χ3v) is 3.92. The molecule has 1 aliphatic rings. The van der Waals surface area contributed by atoms with Crippen molar-refractivity contribution in [2.45, 2.75) is 19.4 Å². The van der Waals surface area contributed by atoms with Gasteiger partial charge in [-0.3, -0.25) is 0 Å². The van der Waals surface area contributed by atoms with E-state index in [1.54, 1.807) is 0 Å². The Morgan fingerprint density at radius 3 is 2.78 bits per heavy atom. The first kappa shape index (κ1) is 13.8. The van der Waals surface area contributed by atoms with Crippen LogP contribution in [0.2, 0.25) is 5.02 Å². The van der Waals surface area contributed by atoms with Crippen LogP contribution in [-0.2, 0) is 0 Å². The highest BCUT2D eigenvalue weighted by Crippen LogP contribution is 2.22. The van der Waals surface area contributed by atoms with Gasteiger partial charge in [-0.25, -0.2) is 0 Å². The number of aryl methyl sites for hydroxylation is 1. The minimum Gasteiger partial charge on any atom is -0.388 e. The molecule has 0 saturated carbocycles. The molecule has 0 amide bonds. The van der Waals surface area contributed by atoms with Crippen LogP contribution in [0, 0.1) is 6.92 Å². The molecule has 18 heavy (non-hydrogen) atoms. The van der Waals surface area contributed by atoms with Gasteiger partial charge in [-0.05, 0) is 30.5 Å². The van der Waals surface area contributed by atoms with E-state index in [0.29, 0.717) is 0 Å². The molecule has 0 bridgehead atoms. The van der Waals surface area contributed by atoms with Crippen LogP contribution in [0.5, 0.6) is 0 Å². The van der Waals surface area contributed by atoms with E-state index >= 15 is 0 Å². The molecular formula is C14H21ClN2O. The fourth-order valence-corrected chi connectivity index (χ4v) is 2.40. The van der Waals surface area contributed by atoms with Crippen molar-refractivity contribution in [3.63, 3.8) is 0 Å². The van der Waals surface area contributed by atoms with Gasteiger partial charge in [-0.1, -0.05) is 23.7 Å². The summed E-state index contributed by atoms with van der Waals surface area (Å²) in [4.78, 5) is 2.39. The summed E-state index contributed by atoms with van der Waals surface area (Å²) in [5.41, 5.74) is 1.99. The van der Waals surface area contributed by atoms with Crippen molar-refractivity contribution in [1.82, 2.24) is 10.2 Å². The molecule has 1 saturated heterocycles. The average Bonchev–Trinajstić information content (AvgIpc) is 2.40. The minimum atomic E-state index is -0.393. The zero-order chi connectivity index (χ0) is 13.0. The highest BCUT2D eigenvalue weighted by molar-refractivity contribution is 6.31. The first-order valence-electron chi connectivity index (χ1n) is 6.54. The average molecular weight is 269 g/mol. The number of hydrogen-bond acceptors (Lipinski definition) is 3. The third kappa shape index (κ3) is 3.69. The topological polar surface area (TPSA) is 35.5 Å². The lowest BCUT2D eigenvalue weighted by molar-refractivity contribution is 0.136. The summed E-state index contributed by atoms with van der Waals surface area (Å²) >= 11 is 5.99. The standard InChI is InChI=1S/C14H21ClN2O/c1-11-10-12(2-3-13(11)15)14(18)4-7-17-8-5-16-6-9-17/h2-3,10,14,16,18H,4-9H2,1H3. The number of benzene rings is 1. The van der Waals surface area contributed by atoms with E-state index in [2.05, 4.69) is 10.2 Å².